The molecule has 3 rings (SSSR count). The third-order valence-corrected chi connectivity index (χ3v) is 3.17. The molecular weight excluding hydrogens is 238 g/mol. The third-order valence-electron chi connectivity index (χ3n) is 3.17. The molecule has 1 aliphatic rings. The fraction of sp³-hybridized carbons (Fsp3) is 0.0667. The molecule has 0 atom stereocenters. The number of pyridine rings is 1. The molecule has 1 aromatic heterocycles. The number of fused-ring (bicyclic) bond motifs is 1. The van der Waals surface area contributed by atoms with Gasteiger partial charge < -0.3 is 10.6 Å². The number of benzene rings is 1. The van der Waals surface area contributed by atoms with Crippen LogP contribution in [-0.4, -0.2) is 10.9 Å². The molecule has 1 aromatic carbocycles. The first-order valence-electron chi connectivity index (χ1n) is 6.03. The molecule has 0 spiro atoms. The number of primary amides is 1. The average molecular weight is 251 g/mol. The van der Waals surface area contributed by atoms with Crippen LogP contribution in [0.4, 0.5) is 11.4 Å². The van der Waals surface area contributed by atoms with E-state index in [0.717, 1.165) is 16.9 Å². The molecule has 1 amide bonds. The van der Waals surface area contributed by atoms with Crippen molar-refractivity contribution in [1.82, 2.24) is 4.98 Å². The SMILES string of the molecule is NC(=O)C1=CN(c2ccncc2)c2ccccc2C1. The Morgan fingerprint density at radius 1 is 1.16 bits per heavy atom. The molecule has 4 nitrogen and oxygen atoms in total. The van der Waals surface area contributed by atoms with Crippen molar-refractivity contribution in [1.29, 1.82) is 0 Å². The van der Waals surface area contributed by atoms with E-state index in [-0.39, 0.29) is 5.91 Å². The van der Waals surface area contributed by atoms with Crippen molar-refractivity contribution < 1.29 is 4.79 Å². The summed E-state index contributed by atoms with van der Waals surface area (Å²) in [5.41, 5.74) is 9.15. The Labute approximate surface area is 111 Å². The second-order valence-electron chi connectivity index (χ2n) is 4.40. The number of amides is 1. The molecule has 0 saturated heterocycles. The first kappa shape index (κ1) is 11.5. The topological polar surface area (TPSA) is 59.2 Å². The van der Waals surface area contributed by atoms with Gasteiger partial charge in [0, 0.05) is 42.0 Å². The Bertz CT molecular complexity index is 649. The van der Waals surface area contributed by atoms with E-state index in [1.165, 1.54) is 0 Å². The number of aromatic nitrogens is 1. The lowest BCUT2D eigenvalue weighted by Gasteiger charge is -2.28. The summed E-state index contributed by atoms with van der Waals surface area (Å²) in [5, 5.41) is 0. The minimum atomic E-state index is -0.381. The smallest absolute Gasteiger partial charge is 0.246 e. The molecule has 0 bridgehead atoms. The summed E-state index contributed by atoms with van der Waals surface area (Å²) in [6.45, 7) is 0. The van der Waals surface area contributed by atoms with Gasteiger partial charge in [0.05, 0.1) is 0 Å². The van der Waals surface area contributed by atoms with Gasteiger partial charge in [-0.25, -0.2) is 0 Å². The highest BCUT2D eigenvalue weighted by atomic mass is 16.1. The molecule has 2 heterocycles. The van der Waals surface area contributed by atoms with E-state index < -0.39 is 0 Å². The second kappa shape index (κ2) is 4.57. The largest absolute Gasteiger partial charge is 0.366 e. The maximum Gasteiger partial charge on any atom is 0.246 e. The Kier molecular flexibility index (Phi) is 2.76. The van der Waals surface area contributed by atoms with Crippen molar-refractivity contribution in [2.75, 3.05) is 4.90 Å². The molecule has 0 aliphatic carbocycles. The van der Waals surface area contributed by atoms with Gasteiger partial charge in [-0.3, -0.25) is 9.78 Å². The van der Waals surface area contributed by atoms with Crippen molar-refractivity contribution in [2.24, 2.45) is 5.73 Å². The average Bonchev–Trinajstić information content (AvgIpc) is 2.47. The van der Waals surface area contributed by atoms with Crippen molar-refractivity contribution in [2.45, 2.75) is 6.42 Å². The van der Waals surface area contributed by atoms with Crippen LogP contribution < -0.4 is 10.6 Å². The molecule has 94 valence electrons. The molecule has 0 fully saturated rings. The van der Waals surface area contributed by atoms with Gasteiger partial charge in [0.2, 0.25) is 5.91 Å². The monoisotopic (exact) mass is 251 g/mol. The van der Waals surface area contributed by atoms with Crippen molar-refractivity contribution in [3.63, 3.8) is 0 Å². The lowest BCUT2D eigenvalue weighted by Crippen LogP contribution is -2.24. The van der Waals surface area contributed by atoms with E-state index in [0.29, 0.717) is 12.0 Å². The number of anilines is 2. The van der Waals surface area contributed by atoms with Crippen molar-refractivity contribution >= 4 is 17.3 Å². The first-order valence-corrected chi connectivity index (χ1v) is 6.03. The quantitative estimate of drug-likeness (QED) is 0.889. The lowest BCUT2D eigenvalue weighted by atomic mass is 9.99. The molecule has 2 N–H and O–H groups in total. The standard InChI is InChI=1S/C15H13N3O/c16-15(19)12-9-11-3-1-2-4-14(11)18(10-12)13-5-7-17-8-6-13/h1-8,10H,9H2,(H2,16,19). The Morgan fingerprint density at radius 2 is 1.89 bits per heavy atom. The van der Waals surface area contributed by atoms with Crippen LogP contribution in [0.5, 0.6) is 0 Å². The highest BCUT2D eigenvalue weighted by Gasteiger charge is 2.20. The van der Waals surface area contributed by atoms with Crippen LogP contribution in [-0.2, 0) is 11.2 Å². The highest BCUT2D eigenvalue weighted by Crippen LogP contribution is 2.34. The van der Waals surface area contributed by atoms with E-state index >= 15 is 0 Å². The highest BCUT2D eigenvalue weighted by molar-refractivity contribution is 5.95. The number of nitrogens with zero attached hydrogens (tertiary/aromatic N) is 2. The van der Waals surface area contributed by atoms with Gasteiger partial charge in [-0.15, -0.1) is 0 Å². The third kappa shape index (κ3) is 2.08. The summed E-state index contributed by atoms with van der Waals surface area (Å²) in [4.78, 5) is 17.4. The van der Waals surface area contributed by atoms with E-state index in [1.54, 1.807) is 18.6 Å². The number of hydrogen-bond acceptors (Lipinski definition) is 3. The van der Waals surface area contributed by atoms with Crippen LogP contribution in [0.15, 0.2) is 60.6 Å². The van der Waals surface area contributed by atoms with Gasteiger partial charge in [0.25, 0.3) is 0 Å². The van der Waals surface area contributed by atoms with Crippen LogP contribution in [0.25, 0.3) is 0 Å². The zero-order chi connectivity index (χ0) is 13.2. The normalized spacial score (nSPS) is 13.7. The zero-order valence-electron chi connectivity index (χ0n) is 10.3. The molecule has 19 heavy (non-hydrogen) atoms. The molecule has 4 heteroatoms. The van der Waals surface area contributed by atoms with E-state index in [4.69, 9.17) is 5.73 Å². The maximum absolute atomic E-state index is 11.5. The molecule has 0 unspecified atom stereocenters. The zero-order valence-corrected chi connectivity index (χ0v) is 10.3. The predicted molar refractivity (Wildman–Crippen MR) is 73.8 cm³/mol. The number of carbonyl (C=O) groups is 1. The minimum Gasteiger partial charge on any atom is -0.366 e. The molecule has 1 aliphatic heterocycles. The first-order chi connectivity index (χ1) is 9.25. The van der Waals surface area contributed by atoms with Crippen LogP contribution in [0, 0.1) is 0 Å². The van der Waals surface area contributed by atoms with Gasteiger partial charge in [0.15, 0.2) is 0 Å². The summed E-state index contributed by atoms with van der Waals surface area (Å²) < 4.78 is 0. The second-order valence-corrected chi connectivity index (χ2v) is 4.40. The Balaban J connectivity index is 2.13. The summed E-state index contributed by atoms with van der Waals surface area (Å²) in [6, 6.07) is 11.8. The van der Waals surface area contributed by atoms with Gasteiger partial charge in [-0.2, -0.15) is 0 Å². The summed E-state index contributed by atoms with van der Waals surface area (Å²) in [5.74, 6) is -0.381. The maximum atomic E-state index is 11.5. The summed E-state index contributed by atoms with van der Waals surface area (Å²) in [6.07, 6.45) is 5.84. The van der Waals surface area contributed by atoms with E-state index in [2.05, 4.69) is 4.98 Å². The number of nitrogens with two attached hydrogens (primary N) is 1. The Hall–Kier alpha value is -2.62. The van der Waals surface area contributed by atoms with Crippen molar-refractivity contribution in [3.05, 3.63) is 66.1 Å². The minimum absolute atomic E-state index is 0.381. The van der Waals surface area contributed by atoms with Crippen LogP contribution in [0.2, 0.25) is 0 Å². The summed E-state index contributed by atoms with van der Waals surface area (Å²) in [7, 11) is 0. The molecule has 2 aromatic rings. The number of hydrogen-bond donors (Lipinski definition) is 1. The van der Waals surface area contributed by atoms with Crippen LogP contribution in [0.1, 0.15) is 5.56 Å². The fourth-order valence-electron chi connectivity index (χ4n) is 2.24. The van der Waals surface area contributed by atoms with Gasteiger partial charge in [0.1, 0.15) is 0 Å². The Morgan fingerprint density at radius 3 is 2.63 bits per heavy atom. The predicted octanol–water partition coefficient (Wildman–Crippen LogP) is 2.15. The number of rotatable bonds is 2. The van der Waals surface area contributed by atoms with Gasteiger partial charge in [-0.1, -0.05) is 18.2 Å². The van der Waals surface area contributed by atoms with Crippen LogP contribution >= 0.6 is 0 Å². The van der Waals surface area contributed by atoms with Gasteiger partial charge in [-0.05, 0) is 23.8 Å². The van der Waals surface area contributed by atoms with Crippen LogP contribution in [0.3, 0.4) is 0 Å². The molecule has 0 radical (unpaired) electrons. The lowest BCUT2D eigenvalue weighted by molar-refractivity contribution is -0.114. The number of carbonyl (C=O) groups excluding carboxylic acids is 1. The summed E-state index contributed by atoms with van der Waals surface area (Å²) >= 11 is 0. The number of para-hydroxylation sites is 1. The van der Waals surface area contributed by atoms with E-state index in [9.17, 15) is 4.79 Å². The van der Waals surface area contributed by atoms with Gasteiger partial charge >= 0.3 is 0 Å². The molecule has 0 saturated carbocycles. The van der Waals surface area contributed by atoms with Crippen molar-refractivity contribution in [3.8, 4) is 0 Å². The van der Waals surface area contributed by atoms with E-state index in [1.807, 2.05) is 41.3 Å². The molecular formula is C15H13N3O. The fourth-order valence-corrected chi connectivity index (χ4v) is 2.24.